The van der Waals surface area contributed by atoms with E-state index in [1.165, 1.54) is 54.3 Å². The Kier molecular flexibility index (Phi) is 7.15. The quantitative estimate of drug-likeness (QED) is 0.182. The van der Waals surface area contributed by atoms with Crippen molar-refractivity contribution in [3.8, 4) is 16.8 Å². The van der Waals surface area contributed by atoms with E-state index in [9.17, 15) is 0 Å². The van der Waals surface area contributed by atoms with E-state index >= 15 is 0 Å². The van der Waals surface area contributed by atoms with Crippen LogP contribution in [0.5, 0.6) is 0 Å². The monoisotopic (exact) mass is 617 g/mol. The number of nitrogens with zero attached hydrogens (tertiary/aromatic N) is 1. The van der Waals surface area contributed by atoms with Crippen LogP contribution >= 0.6 is 0 Å². The normalized spacial score (nSPS) is 12.7. The Morgan fingerprint density at radius 3 is 2.23 bits per heavy atom. The summed E-state index contributed by atoms with van der Waals surface area (Å²) in [5.74, 6) is 0. The summed E-state index contributed by atoms with van der Waals surface area (Å²) in [5.41, 5.74) is 22.1. The molecule has 0 fully saturated rings. The van der Waals surface area contributed by atoms with E-state index in [1.54, 1.807) is 6.20 Å². The first-order valence-corrected chi connectivity index (χ1v) is 16.3. The summed E-state index contributed by atoms with van der Waals surface area (Å²) in [7, 11) is 0. The van der Waals surface area contributed by atoms with E-state index in [4.69, 9.17) is 11.5 Å². The van der Waals surface area contributed by atoms with Crippen LogP contribution in [-0.2, 0) is 0 Å². The number of benzene rings is 7. The summed E-state index contributed by atoms with van der Waals surface area (Å²) in [6.07, 6.45) is 9.37. The molecule has 0 aliphatic heterocycles. The van der Waals surface area contributed by atoms with Crippen LogP contribution in [0.15, 0.2) is 164 Å². The molecular formula is C45H35N3. The molecule has 0 aliphatic carbocycles. The van der Waals surface area contributed by atoms with Gasteiger partial charge in [0.15, 0.2) is 0 Å². The van der Waals surface area contributed by atoms with E-state index in [0.29, 0.717) is 0 Å². The molecule has 1 aromatic heterocycles. The van der Waals surface area contributed by atoms with Crippen molar-refractivity contribution >= 4 is 65.4 Å². The number of fused-ring (bicyclic) bond motifs is 7. The fraction of sp³-hybridized carbons (Fsp3) is 0.0222. The van der Waals surface area contributed by atoms with Crippen molar-refractivity contribution in [1.82, 2.24) is 4.57 Å². The molecule has 0 amide bonds. The van der Waals surface area contributed by atoms with E-state index < -0.39 is 0 Å². The number of rotatable bonds is 6. The fourth-order valence-corrected chi connectivity index (χ4v) is 7.21. The molecule has 0 spiro atoms. The molecular weight excluding hydrogens is 583 g/mol. The molecule has 0 unspecified atom stereocenters. The van der Waals surface area contributed by atoms with Crippen molar-refractivity contribution in [3.05, 3.63) is 176 Å². The van der Waals surface area contributed by atoms with Crippen molar-refractivity contribution in [2.24, 2.45) is 11.5 Å². The van der Waals surface area contributed by atoms with Crippen LogP contribution in [0.3, 0.4) is 0 Å². The molecule has 4 N–H and O–H groups in total. The number of hydrogen-bond donors (Lipinski definition) is 2. The van der Waals surface area contributed by atoms with Crippen molar-refractivity contribution in [3.63, 3.8) is 0 Å². The minimum Gasteiger partial charge on any atom is -0.404 e. The third-order valence-corrected chi connectivity index (χ3v) is 9.50. The predicted molar refractivity (Wildman–Crippen MR) is 208 cm³/mol. The topological polar surface area (TPSA) is 57.0 Å². The zero-order chi connectivity index (χ0) is 32.8. The molecule has 0 aliphatic rings. The van der Waals surface area contributed by atoms with Crippen LogP contribution in [0.1, 0.15) is 18.1 Å². The van der Waals surface area contributed by atoms with Gasteiger partial charge in [-0.3, -0.25) is 0 Å². The molecule has 0 atom stereocenters. The molecule has 0 saturated carbocycles. The summed E-state index contributed by atoms with van der Waals surface area (Å²) in [4.78, 5) is 0. The van der Waals surface area contributed by atoms with Crippen LogP contribution in [0.2, 0.25) is 0 Å². The Labute approximate surface area is 280 Å². The summed E-state index contributed by atoms with van der Waals surface area (Å²) < 4.78 is 2.43. The lowest BCUT2D eigenvalue weighted by Crippen LogP contribution is -1.98. The average molecular weight is 618 g/mol. The van der Waals surface area contributed by atoms with E-state index in [2.05, 4.69) is 139 Å². The first-order valence-electron chi connectivity index (χ1n) is 16.3. The largest absolute Gasteiger partial charge is 0.404 e. The maximum Gasteiger partial charge on any atom is 0.0619 e. The van der Waals surface area contributed by atoms with Crippen LogP contribution in [0.25, 0.3) is 82.2 Å². The molecule has 7 aromatic carbocycles. The van der Waals surface area contributed by atoms with E-state index in [-0.39, 0.29) is 0 Å². The third kappa shape index (κ3) is 4.59. The highest BCUT2D eigenvalue weighted by Crippen LogP contribution is 2.41. The summed E-state index contributed by atoms with van der Waals surface area (Å²) in [6, 6.07) is 46.0. The molecule has 3 heteroatoms. The number of aromatic nitrogens is 1. The van der Waals surface area contributed by atoms with Gasteiger partial charge >= 0.3 is 0 Å². The zero-order valence-electron chi connectivity index (χ0n) is 26.8. The van der Waals surface area contributed by atoms with E-state index in [1.807, 2.05) is 31.2 Å². The standard InChI is InChI=1S/C45H35N3/c1-3-5-16-42(47)39-25-24-34(37-14-8-9-15-38(37)39)32-19-21-36-33(26-32)20-23-41-40-22-18-31(29(4-2)28-46)27-44(40)48(45(36)41)43-17-10-12-30-11-6-7-13-35(30)43/h3-28H,2,46-47H2,1H3/b5-3-,29-28+,42-16-. The number of nitrogens with two attached hydrogens (primary N) is 2. The SMILES string of the molecule is C=C/C(=C\N)c1ccc2c3ccc4cc(-c5ccc(/C(N)=C/C=C\C)c6ccccc56)ccc4c3n(-c3cccc4ccccc34)c2c1. The number of hydrogen-bond acceptors (Lipinski definition) is 2. The molecule has 0 radical (unpaired) electrons. The van der Waals surface area contributed by atoms with Gasteiger partial charge in [-0.25, -0.2) is 0 Å². The lowest BCUT2D eigenvalue weighted by molar-refractivity contribution is 1.20. The second-order valence-electron chi connectivity index (χ2n) is 12.1. The second-order valence-corrected chi connectivity index (χ2v) is 12.1. The van der Waals surface area contributed by atoms with Crippen LogP contribution < -0.4 is 11.5 Å². The third-order valence-electron chi connectivity index (χ3n) is 9.50. The van der Waals surface area contributed by atoms with E-state index in [0.717, 1.165) is 39.0 Å². The Hall–Kier alpha value is -6.32. The fourth-order valence-electron chi connectivity index (χ4n) is 7.21. The Morgan fingerprint density at radius 2 is 1.42 bits per heavy atom. The van der Waals surface area contributed by atoms with Gasteiger partial charge in [0, 0.05) is 39.0 Å². The molecule has 8 rings (SSSR count). The minimum absolute atomic E-state index is 0.753. The molecule has 48 heavy (non-hydrogen) atoms. The van der Waals surface area contributed by atoms with Gasteiger partial charge in [0.05, 0.1) is 16.7 Å². The van der Waals surface area contributed by atoms with Gasteiger partial charge in [0.2, 0.25) is 0 Å². The Morgan fingerprint density at radius 1 is 0.667 bits per heavy atom. The lowest BCUT2D eigenvalue weighted by Gasteiger charge is -2.15. The average Bonchev–Trinajstić information content (AvgIpc) is 3.47. The lowest BCUT2D eigenvalue weighted by atomic mass is 9.92. The molecule has 230 valence electrons. The predicted octanol–water partition coefficient (Wildman–Crippen LogP) is 11.3. The van der Waals surface area contributed by atoms with Crippen molar-refractivity contribution < 1.29 is 0 Å². The number of allylic oxidation sites excluding steroid dienone is 5. The van der Waals surface area contributed by atoms with Gasteiger partial charge in [-0.1, -0.05) is 134 Å². The highest BCUT2D eigenvalue weighted by Gasteiger charge is 2.18. The first kappa shape index (κ1) is 29.1. The van der Waals surface area contributed by atoms with Crippen molar-refractivity contribution in [2.45, 2.75) is 6.92 Å². The van der Waals surface area contributed by atoms with Gasteiger partial charge in [-0.15, -0.1) is 0 Å². The molecule has 1 heterocycles. The van der Waals surface area contributed by atoms with Gasteiger partial charge in [-0.05, 0) is 75.0 Å². The highest BCUT2D eigenvalue weighted by molar-refractivity contribution is 6.20. The van der Waals surface area contributed by atoms with Gasteiger partial charge < -0.3 is 16.0 Å². The molecule has 3 nitrogen and oxygen atoms in total. The zero-order valence-corrected chi connectivity index (χ0v) is 26.8. The summed E-state index contributed by atoms with van der Waals surface area (Å²) in [5, 5.41) is 9.49. The molecule has 0 saturated heterocycles. The smallest absolute Gasteiger partial charge is 0.0619 e. The highest BCUT2D eigenvalue weighted by atomic mass is 15.0. The second kappa shape index (κ2) is 11.8. The van der Waals surface area contributed by atoms with Crippen molar-refractivity contribution in [2.75, 3.05) is 0 Å². The minimum atomic E-state index is 0.753. The van der Waals surface area contributed by atoms with Crippen LogP contribution in [0.4, 0.5) is 0 Å². The van der Waals surface area contributed by atoms with Gasteiger partial charge in [0.25, 0.3) is 0 Å². The van der Waals surface area contributed by atoms with Gasteiger partial charge in [-0.2, -0.15) is 0 Å². The molecule has 8 aromatic rings. The summed E-state index contributed by atoms with van der Waals surface area (Å²) >= 11 is 0. The van der Waals surface area contributed by atoms with Gasteiger partial charge in [0.1, 0.15) is 0 Å². The van der Waals surface area contributed by atoms with Crippen LogP contribution in [-0.4, -0.2) is 4.57 Å². The first-order chi connectivity index (χ1) is 23.6. The van der Waals surface area contributed by atoms with Crippen molar-refractivity contribution in [1.29, 1.82) is 0 Å². The van der Waals surface area contributed by atoms with Crippen LogP contribution in [0, 0.1) is 0 Å². The Balaban J connectivity index is 1.41. The maximum absolute atomic E-state index is 6.53. The Bertz CT molecular complexity index is 2660. The summed E-state index contributed by atoms with van der Waals surface area (Å²) in [6.45, 7) is 6.00. The maximum atomic E-state index is 6.53. The molecule has 0 bridgehead atoms.